The van der Waals surface area contributed by atoms with Crippen LogP contribution in [0.2, 0.25) is 0 Å². The van der Waals surface area contributed by atoms with Crippen LogP contribution in [0, 0.1) is 5.82 Å². The van der Waals surface area contributed by atoms with Crippen LogP contribution < -0.4 is 0 Å². The molecule has 1 heterocycles. The van der Waals surface area contributed by atoms with E-state index in [1.807, 2.05) is 29.6 Å². The maximum Gasteiger partial charge on any atom is 0.229 e. The number of halogens is 2. The summed E-state index contributed by atoms with van der Waals surface area (Å²) in [6.45, 7) is 4.27. The van der Waals surface area contributed by atoms with Gasteiger partial charge in [0.1, 0.15) is 10.8 Å². The molecule has 0 atom stereocenters. The summed E-state index contributed by atoms with van der Waals surface area (Å²) in [7, 11) is 0. The third-order valence-corrected chi connectivity index (χ3v) is 5.41. The zero-order valence-corrected chi connectivity index (χ0v) is 17.0. The molecular weight excluding hydrogens is 427 g/mol. The van der Waals surface area contributed by atoms with E-state index in [1.165, 1.54) is 17.4 Å². The van der Waals surface area contributed by atoms with Crippen LogP contribution in [0.3, 0.4) is 0 Å². The topological polar surface area (TPSA) is 33.2 Å². The van der Waals surface area contributed by atoms with Crippen molar-refractivity contribution in [3.63, 3.8) is 0 Å². The highest BCUT2D eigenvalue weighted by molar-refractivity contribution is 9.10. The van der Waals surface area contributed by atoms with E-state index in [4.69, 9.17) is 0 Å². The van der Waals surface area contributed by atoms with Gasteiger partial charge in [0, 0.05) is 34.1 Å². The minimum Gasteiger partial charge on any atom is -0.334 e. The van der Waals surface area contributed by atoms with Gasteiger partial charge in [-0.25, -0.2) is 9.37 Å². The predicted octanol–water partition coefficient (Wildman–Crippen LogP) is 5.47. The van der Waals surface area contributed by atoms with E-state index in [9.17, 15) is 9.18 Å². The van der Waals surface area contributed by atoms with E-state index in [1.54, 1.807) is 29.2 Å². The fourth-order valence-electron chi connectivity index (χ4n) is 2.65. The van der Waals surface area contributed by atoms with Crippen molar-refractivity contribution in [3.05, 3.63) is 88.1 Å². The highest BCUT2D eigenvalue weighted by atomic mass is 79.9. The molecular formula is C21H18BrFN2OS. The van der Waals surface area contributed by atoms with Gasteiger partial charge in [0.2, 0.25) is 5.91 Å². The molecule has 0 aliphatic carbocycles. The quantitative estimate of drug-likeness (QED) is 0.452. The first-order chi connectivity index (χ1) is 13.1. The Hall–Kier alpha value is -2.31. The van der Waals surface area contributed by atoms with Crippen molar-refractivity contribution < 1.29 is 9.18 Å². The van der Waals surface area contributed by atoms with Crippen molar-refractivity contribution in [3.8, 4) is 10.6 Å². The zero-order chi connectivity index (χ0) is 19.2. The van der Waals surface area contributed by atoms with Gasteiger partial charge in [-0.3, -0.25) is 4.79 Å². The highest BCUT2D eigenvalue weighted by Crippen LogP contribution is 2.26. The fraction of sp³-hybridized carbons (Fsp3) is 0.143. The Morgan fingerprint density at radius 1 is 1.26 bits per heavy atom. The molecule has 6 heteroatoms. The van der Waals surface area contributed by atoms with E-state index in [0.717, 1.165) is 15.0 Å². The number of carbonyl (C=O) groups excluding carboxylic acids is 1. The highest BCUT2D eigenvalue weighted by Gasteiger charge is 2.17. The van der Waals surface area contributed by atoms with Gasteiger partial charge in [-0.1, -0.05) is 52.3 Å². The number of rotatable bonds is 7. The van der Waals surface area contributed by atoms with E-state index in [2.05, 4.69) is 27.5 Å². The molecule has 0 aliphatic heterocycles. The second-order valence-corrected chi connectivity index (χ2v) is 7.76. The second-order valence-electron chi connectivity index (χ2n) is 5.99. The number of amides is 1. The van der Waals surface area contributed by atoms with Crippen LogP contribution in [0.15, 0.2) is 71.0 Å². The van der Waals surface area contributed by atoms with Crippen LogP contribution in [0.1, 0.15) is 11.3 Å². The monoisotopic (exact) mass is 444 g/mol. The summed E-state index contributed by atoms with van der Waals surface area (Å²) >= 11 is 4.96. The van der Waals surface area contributed by atoms with Crippen molar-refractivity contribution in [2.75, 3.05) is 6.54 Å². The minimum absolute atomic E-state index is 0.107. The number of thiazole rings is 1. The number of benzene rings is 2. The summed E-state index contributed by atoms with van der Waals surface area (Å²) < 4.78 is 14.9. The van der Waals surface area contributed by atoms with Gasteiger partial charge >= 0.3 is 0 Å². The Labute approximate surface area is 170 Å². The lowest BCUT2D eigenvalue weighted by Gasteiger charge is -2.21. The van der Waals surface area contributed by atoms with Crippen molar-refractivity contribution in [1.29, 1.82) is 0 Å². The normalized spacial score (nSPS) is 10.6. The van der Waals surface area contributed by atoms with Crippen LogP contribution in [0.5, 0.6) is 0 Å². The average Bonchev–Trinajstić information content (AvgIpc) is 3.11. The molecule has 0 saturated heterocycles. The third kappa shape index (κ3) is 5.11. The maximum absolute atomic E-state index is 13.9. The van der Waals surface area contributed by atoms with Crippen molar-refractivity contribution in [1.82, 2.24) is 9.88 Å². The molecule has 0 unspecified atom stereocenters. The lowest BCUT2D eigenvalue weighted by atomic mass is 10.2. The molecule has 0 fully saturated rings. The minimum atomic E-state index is -0.315. The predicted molar refractivity (Wildman–Crippen MR) is 111 cm³/mol. The first kappa shape index (κ1) is 19.5. The molecule has 0 bridgehead atoms. The van der Waals surface area contributed by atoms with Crippen LogP contribution >= 0.6 is 27.3 Å². The number of nitrogens with zero attached hydrogens (tertiary/aromatic N) is 2. The van der Waals surface area contributed by atoms with Gasteiger partial charge in [-0.2, -0.15) is 0 Å². The van der Waals surface area contributed by atoms with Crippen LogP contribution in [0.25, 0.3) is 10.6 Å². The van der Waals surface area contributed by atoms with Gasteiger partial charge < -0.3 is 4.90 Å². The smallest absolute Gasteiger partial charge is 0.229 e. The number of carbonyl (C=O) groups is 1. The Morgan fingerprint density at radius 2 is 2.07 bits per heavy atom. The molecule has 3 aromatic rings. The molecule has 3 nitrogen and oxygen atoms in total. The molecule has 0 spiro atoms. The molecule has 1 aromatic heterocycles. The SMILES string of the molecule is C=CCN(Cc1ccccc1F)C(=O)Cc1csc(-c2cccc(Br)c2)n1. The van der Waals surface area contributed by atoms with Crippen molar-refractivity contribution in [2.24, 2.45) is 0 Å². The average molecular weight is 445 g/mol. The number of hydrogen-bond acceptors (Lipinski definition) is 3. The summed E-state index contributed by atoms with van der Waals surface area (Å²) in [5.74, 6) is -0.422. The first-order valence-corrected chi connectivity index (χ1v) is 10.1. The zero-order valence-electron chi connectivity index (χ0n) is 14.6. The first-order valence-electron chi connectivity index (χ1n) is 8.39. The standard InChI is InChI=1S/C21H18BrFN2OS/c1-2-10-25(13-16-6-3-4-9-19(16)23)20(26)12-18-14-27-21(24-18)15-7-5-8-17(22)11-15/h2-9,11,14H,1,10,12-13H2. The summed E-state index contributed by atoms with van der Waals surface area (Å²) in [6, 6.07) is 14.4. The van der Waals surface area contributed by atoms with Crippen molar-refractivity contribution >= 4 is 33.2 Å². The molecule has 138 valence electrons. The van der Waals surface area contributed by atoms with E-state index >= 15 is 0 Å². The molecule has 3 rings (SSSR count). The lowest BCUT2D eigenvalue weighted by molar-refractivity contribution is -0.130. The Kier molecular flexibility index (Phi) is 6.53. The molecule has 0 saturated carbocycles. The van der Waals surface area contributed by atoms with E-state index < -0.39 is 0 Å². The Morgan fingerprint density at radius 3 is 2.81 bits per heavy atom. The maximum atomic E-state index is 13.9. The Balaban J connectivity index is 1.72. The fourth-order valence-corrected chi connectivity index (χ4v) is 3.87. The lowest BCUT2D eigenvalue weighted by Crippen LogP contribution is -2.32. The van der Waals surface area contributed by atoms with Crippen LogP contribution in [-0.4, -0.2) is 22.3 Å². The molecule has 0 aliphatic rings. The van der Waals surface area contributed by atoms with Gasteiger partial charge in [-0.15, -0.1) is 17.9 Å². The molecule has 0 radical (unpaired) electrons. The van der Waals surface area contributed by atoms with Crippen LogP contribution in [-0.2, 0) is 17.8 Å². The summed E-state index contributed by atoms with van der Waals surface area (Å²) in [5, 5.41) is 2.76. The summed E-state index contributed by atoms with van der Waals surface area (Å²) in [4.78, 5) is 18.9. The van der Waals surface area contributed by atoms with Gasteiger partial charge in [-0.05, 0) is 18.2 Å². The molecule has 1 amide bonds. The van der Waals surface area contributed by atoms with Crippen LogP contribution in [0.4, 0.5) is 4.39 Å². The molecule has 27 heavy (non-hydrogen) atoms. The summed E-state index contributed by atoms with van der Waals surface area (Å²) in [5.41, 5.74) is 2.20. The third-order valence-electron chi connectivity index (χ3n) is 3.98. The van der Waals surface area contributed by atoms with Crippen molar-refractivity contribution in [2.45, 2.75) is 13.0 Å². The van der Waals surface area contributed by atoms with Gasteiger partial charge in [0.25, 0.3) is 0 Å². The Bertz CT molecular complexity index is 957. The van der Waals surface area contributed by atoms with E-state index in [0.29, 0.717) is 17.8 Å². The largest absolute Gasteiger partial charge is 0.334 e. The molecule has 0 N–H and O–H groups in total. The number of aromatic nitrogens is 1. The molecule has 2 aromatic carbocycles. The van der Waals surface area contributed by atoms with Gasteiger partial charge in [0.15, 0.2) is 0 Å². The second kappa shape index (κ2) is 9.06. The summed E-state index contributed by atoms with van der Waals surface area (Å²) in [6.07, 6.45) is 1.82. The van der Waals surface area contributed by atoms with E-state index in [-0.39, 0.29) is 24.7 Å². The van der Waals surface area contributed by atoms with Gasteiger partial charge in [0.05, 0.1) is 12.1 Å². The number of hydrogen-bond donors (Lipinski definition) is 0.